The lowest BCUT2D eigenvalue weighted by molar-refractivity contribution is -0.133. The van der Waals surface area contributed by atoms with Gasteiger partial charge in [0.05, 0.1) is 12.6 Å². The van der Waals surface area contributed by atoms with Crippen molar-refractivity contribution in [3.8, 4) is 0 Å². The first-order chi connectivity index (χ1) is 12.9. The molecule has 1 fully saturated rings. The highest BCUT2D eigenvalue weighted by atomic mass is 35.5. The highest BCUT2D eigenvalue weighted by Gasteiger charge is 2.32. The summed E-state index contributed by atoms with van der Waals surface area (Å²) in [5, 5.41) is 4.34. The van der Waals surface area contributed by atoms with E-state index in [0.717, 1.165) is 53.6 Å². The van der Waals surface area contributed by atoms with Crippen molar-refractivity contribution in [2.75, 3.05) is 6.54 Å². The van der Waals surface area contributed by atoms with Gasteiger partial charge in [-0.25, -0.2) is 9.97 Å². The second kappa shape index (κ2) is 8.81. The molecule has 0 aliphatic carbocycles. The number of nitrogens with one attached hydrogen (secondary N) is 1. The molecule has 2 atom stereocenters. The average molecular weight is 387 g/mol. The SMILES string of the molecule is CC(=O)N1CCC[C@H](NCc2nc(C)cc(C)n2)[C@@H]1Cc1cccc(Cl)c1. The van der Waals surface area contributed by atoms with Gasteiger partial charge in [-0.05, 0) is 56.9 Å². The number of likely N-dealkylation sites (tertiary alicyclic amines) is 1. The lowest BCUT2D eigenvalue weighted by Crippen LogP contribution is -2.56. The second-order valence-electron chi connectivity index (χ2n) is 7.31. The van der Waals surface area contributed by atoms with E-state index in [1.54, 1.807) is 6.92 Å². The Hall–Kier alpha value is -1.98. The van der Waals surface area contributed by atoms with Crippen LogP contribution in [0, 0.1) is 13.8 Å². The molecule has 6 heteroatoms. The Morgan fingerprint density at radius 2 is 2.00 bits per heavy atom. The Morgan fingerprint density at radius 3 is 2.67 bits per heavy atom. The van der Waals surface area contributed by atoms with Crippen molar-refractivity contribution in [2.45, 2.75) is 58.7 Å². The summed E-state index contributed by atoms with van der Waals surface area (Å²) in [4.78, 5) is 23.3. The normalized spacial score (nSPS) is 19.9. The number of halogens is 1. The summed E-state index contributed by atoms with van der Waals surface area (Å²) in [5.74, 6) is 0.921. The van der Waals surface area contributed by atoms with Gasteiger partial charge in [-0.1, -0.05) is 23.7 Å². The minimum atomic E-state index is 0.0978. The van der Waals surface area contributed by atoms with Crippen LogP contribution >= 0.6 is 11.6 Å². The highest BCUT2D eigenvalue weighted by Crippen LogP contribution is 2.23. The molecule has 0 spiro atoms. The molecule has 3 rings (SSSR count). The summed E-state index contributed by atoms with van der Waals surface area (Å²) in [7, 11) is 0. The standard InChI is InChI=1S/C21H27ClN4O/c1-14-10-15(2)25-21(24-14)13-23-19-8-5-9-26(16(3)27)20(19)12-17-6-4-7-18(22)11-17/h4,6-7,10-11,19-20,23H,5,8-9,12-13H2,1-3H3/t19-,20-/m0/s1. The smallest absolute Gasteiger partial charge is 0.219 e. The van der Waals surface area contributed by atoms with Gasteiger partial charge in [0.25, 0.3) is 0 Å². The first-order valence-corrected chi connectivity index (χ1v) is 9.86. The van der Waals surface area contributed by atoms with E-state index in [1.165, 1.54) is 0 Å². The van der Waals surface area contributed by atoms with E-state index in [1.807, 2.05) is 43.0 Å². The number of benzene rings is 1. The maximum Gasteiger partial charge on any atom is 0.219 e. The van der Waals surface area contributed by atoms with Crippen molar-refractivity contribution in [1.29, 1.82) is 0 Å². The van der Waals surface area contributed by atoms with Gasteiger partial charge in [-0.3, -0.25) is 4.79 Å². The summed E-state index contributed by atoms with van der Waals surface area (Å²) in [6, 6.07) is 10.2. The zero-order valence-electron chi connectivity index (χ0n) is 16.2. The number of amides is 1. The molecular weight excluding hydrogens is 360 g/mol. The molecule has 1 aliphatic rings. The molecule has 0 unspecified atom stereocenters. The van der Waals surface area contributed by atoms with Crippen LogP contribution in [0.1, 0.15) is 42.5 Å². The molecular formula is C21H27ClN4O. The number of nitrogens with zero attached hydrogens (tertiary/aromatic N) is 3. The highest BCUT2D eigenvalue weighted by molar-refractivity contribution is 6.30. The van der Waals surface area contributed by atoms with Gasteiger partial charge in [-0.2, -0.15) is 0 Å². The predicted octanol–water partition coefficient (Wildman–Crippen LogP) is 3.46. The second-order valence-corrected chi connectivity index (χ2v) is 7.75. The Kier molecular flexibility index (Phi) is 6.45. The third-order valence-electron chi connectivity index (χ3n) is 5.07. The predicted molar refractivity (Wildman–Crippen MR) is 108 cm³/mol. The molecule has 2 aromatic rings. The summed E-state index contributed by atoms with van der Waals surface area (Å²) in [6.45, 7) is 7.03. The lowest BCUT2D eigenvalue weighted by Gasteiger charge is -2.41. The van der Waals surface area contributed by atoms with E-state index >= 15 is 0 Å². The van der Waals surface area contributed by atoms with Crippen LogP contribution in [0.25, 0.3) is 0 Å². The summed E-state index contributed by atoms with van der Waals surface area (Å²) < 4.78 is 0. The average Bonchev–Trinajstić information content (AvgIpc) is 2.60. The molecule has 1 N–H and O–H groups in total. The number of piperidine rings is 1. The molecule has 0 saturated carbocycles. The fourth-order valence-corrected chi connectivity index (χ4v) is 4.16. The third-order valence-corrected chi connectivity index (χ3v) is 5.30. The van der Waals surface area contributed by atoms with Crippen LogP contribution < -0.4 is 5.32 Å². The van der Waals surface area contributed by atoms with Crippen LogP contribution in [0.15, 0.2) is 30.3 Å². The largest absolute Gasteiger partial charge is 0.338 e. The molecule has 1 aliphatic heterocycles. The fraction of sp³-hybridized carbons (Fsp3) is 0.476. The Labute approximate surface area is 166 Å². The van der Waals surface area contributed by atoms with Crippen molar-refractivity contribution in [3.05, 3.63) is 58.1 Å². The van der Waals surface area contributed by atoms with Crippen LogP contribution in [0.4, 0.5) is 0 Å². The molecule has 1 aromatic carbocycles. The van der Waals surface area contributed by atoms with E-state index < -0.39 is 0 Å². The topological polar surface area (TPSA) is 58.1 Å². The maximum atomic E-state index is 12.2. The van der Waals surface area contributed by atoms with Gasteiger partial charge in [0, 0.05) is 35.9 Å². The number of rotatable bonds is 5. The van der Waals surface area contributed by atoms with E-state index in [-0.39, 0.29) is 18.0 Å². The van der Waals surface area contributed by atoms with Crippen molar-refractivity contribution < 1.29 is 4.79 Å². The van der Waals surface area contributed by atoms with E-state index in [0.29, 0.717) is 6.54 Å². The zero-order valence-corrected chi connectivity index (χ0v) is 17.0. The van der Waals surface area contributed by atoms with Crippen molar-refractivity contribution in [2.24, 2.45) is 0 Å². The molecule has 2 heterocycles. The first kappa shape index (κ1) is 19.8. The minimum Gasteiger partial charge on any atom is -0.338 e. The van der Waals surface area contributed by atoms with Gasteiger partial charge in [-0.15, -0.1) is 0 Å². The monoisotopic (exact) mass is 386 g/mol. The molecule has 5 nitrogen and oxygen atoms in total. The molecule has 144 valence electrons. The molecule has 1 aromatic heterocycles. The van der Waals surface area contributed by atoms with Gasteiger partial charge in [0.15, 0.2) is 0 Å². The molecule has 1 amide bonds. The van der Waals surface area contributed by atoms with Crippen LogP contribution in [-0.2, 0) is 17.8 Å². The lowest BCUT2D eigenvalue weighted by atomic mass is 9.90. The van der Waals surface area contributed by atoms with Gasteiger partial charge in [0.1, 0.15) is 5.82 Å². The quantitative estimate of drug-likeness (QED) is 0.854. The molecule has 0 bridgehead atoms. The van der Waals surface area contributed by atoms with Crippen LogP contribution in [0.5, 0.6) is 0 Å². The van der Waals surface area contributed by atoms with E-state index in [9.17, 15) is 4.79 Å². The maximum absolute atomic E-state index is 12.2. The number of hydrogen-bond acceptors (Lipinski definition) is 4. The summed E-state index contributed by atoms with van der Waals surface area (Å²) >= 11 is 6.16. The van der Waals surface area contributed by atoms with Crippen molar-refractivity contribution in [1.82, 2.24) is 20.2 Å². The number of carbonyl (C=O) groups is 1. The van der Waals surface area contributed by atoms with Crippen LogP contribution in [-0.4, -0.2) is 39.4 Å². The fourth-order valence-electron chi connectivity index (χ4n) is 3.94. The van der Waals surface area contributed by atoms with Gasteiger partial charge >= 0.3 is 0 Å². The minimum absolute atomic E-state index is 0.0978. The van der Waals surface area contributed by atoms with Crippen LogP contribution in [0.3, 0.4) is 0 Å². The van der Waals surface area contributed by atoms with Crippen molar-refractivity contribution in [3.63, 3.8) is 0 Å². The van der Waals surface area contributed by atoms with Gasteiger partial charge < -0.3 is 10.2 Å². The summed E-state index contributed by atoms with van der Waals surface area (Å²) in [5.41, 5.74) is 3.10. The zero-order chi connectivity index (χ0) is 19.4. The Morgan fingerprint density at radius 1 is 1.26 bits per heavy atom. The Bertz CT molecular complexity index is 790. The first-order valence-electron chi connectivity index (χ1n) is 9.48. The van der Waals surface area contributed by atoms with E-state index in [4.69, 9.17) is 11.6 Å². The Balaban J connectivity index is 1.76. The number of aromatic nitrogens is 2. The molecule has 0 radical (unpaired) electrons. The summed E-state index contributed by atoms with van der Waals surface area (Å²) in [6.07, 6.45) is 2.81. The number of aryl methyl sites for hydroxylation is 2. The van der Waals surface area contributed by atoms with Gasteiger partial charge in [0.2, 0.25) is 5.91 Å². The molecule has 1 saturated heterocycles. The number of carbonyl (C=O) groups excluding carboxylic acids is 1. The van der Waals surface area contributed by atoms with Crippen molar-refractivity contribution >= 4 is 17.5 Å². The van der Waals surface area contributed by atoms with Crippen LogP contribution in [0.2, 0.25) is 5.02 Å². The third kappa shape index (κ3) is 5.27. The molecule has 27 heavy (non-hydrogen) atoms. The van der Waals surface area contributed by atoms with E-state index in [2.05, 4.69) is 21.4 Å². The number of hydrogen-bond donors (Lipinski definition) is 1.